The molecule has 0 atom stereocenters. The fraction of sp³-hybridized carbons (Fsp3) is 0.100. The number of aromatic hydroxyl groups is 1. The molecule has 0 aliphatic heterocycles. The van der Waals surface area contributed by atoms with E-state index in [-0.39, 0.29) is 5.39 Å². The van der Waals surface area contributed by atoms with E-state index >= 15 is 0 Å². The maximum absolute atomic E-state index is 12.4. The molecule has 2 aromatic rings. The lowest BCUT2D eigenvalue weighted by atomic mass is 10.1. The molecule has 2 rings (SSSR count). The first-order valence-electron chi connectivity index (χ1n) is 4.73. The van der Waals surface area contributed by atoms with Crippen LogP contribution in [0.25, 0.3) is 11.0 Å². The highest BCUT2D eigenvalue weighted by atomic mass is 19.4. The molecule has 0 fully saturated rings. The van der Waals surface area contributed by atoms with E-state index in [1.165, 1.54) is 0 Å². The van der Waals surface area contributed by atoms with Crippen LogP contribution in [0.3, 0.4) is 0 Å². The summed E-state index contributed by atoms with van der Waals surface area (Å²) in [4.78, 5) is 20.6. The van der Waals surface area contributed by atoms with Gasteiger partial charge in [-0.25, -0.2) is 4.79 Å². The quantitative estimate of drug-likeness (QED) is 0.490. The number of fused-ring (bicyclic) bond motifs is 1. The fourth-order valence-electron chi connectivity index (χ4n) is 1.51. The largest absolute Gasteiger partial charge is 0.501 e. The fourth-order valence-corrected chi connectivity index (χ4v) is 1.51. The van der Waals surface area contributed by atoms with Crippen LogP contribution in [0.2, 0.25) is 0 Å². The summed E-state index contributed by atoms with van der Waals surface area (Å²) in [6.07, 6.45) is -4.66. The summed E-state index contributed by atoms with van der Waals surface area (Å²) < 4.78 is 41.7. The highest BCUT2D eigenvalue weighted by Crippen LogP contribution is 2.35. The van der Waals surface area contributed by atoms with Crippen LogP contribution in [-0.4, -0.2) is 10.0 Å². The first kappa shape index (κ1) is 12.9. The van der Waals surface area contributed by atoms with Crippen LogP contribution in [0, 0.1) is 10.1 Å². The third-order valence-electron chi connectivity index (χ3n) is 2.37. The van der Waals surface area contributed by atoms with Crippen molar-refractivity contribution in [2.75, 3.05) is 0 Å². The van der Waals surface area contributed by atoms with Crippen molar-refractivity contribution in [1.29, 1.82) is 0 Å². The zero-order valence-electron chi connectivity index (χ0n) is 8.89. The van der Waals surface area contributed by atoms with Crippen LogP contribution in [0.5, 0.6) is 5.75 Å². The van der Waals surface area contributed by atoms with Crippen molar-refractivity contribution in [3.63, 3.8) is 0 Å². The van der Waals surface area contributed by atoms with Crippen LogP contribution in [0.4, 0.5) is 18.9 Å². The van der Waals surface area contributed by atoms with E-state index < -0.39 is 39.3 Å². The van der Waals surface area contributed by atoms with Crippen LogP contribution in [0.1, 0.15) is 5.56 Å². The highest BCUT2D eigenvalue weighted by molar-refractivity contribution is 5.86. The molecule has 6 nitrogen and oxygen atoms in total. The minimum atomic E-state index is -4.66. The lowest BCUT2D eigenvalue weighted by Crippen LogP contribution is -2.08. The van der Waals surface area contributed by atoms with Crippen LogP contribution in [0.15, 0.2) is 27.4 Å². The van der Waals surface area contributed by atoms with Crippen LogP contribution < -0.4 is 5.63 Å². The van der Waals surface area contributed by atoms with Crippen molar-refractivity contribution in [2.24, 2.45) is 0 Å². The summed E-state index contributed by atoms with van der Waals surface area (Å²) in [5, 5.41) is 19.7. The van der Waals surface area contributed by atoms with Gasteiger partial charge in [0.05, 0.1) is 15.9 Å². The Balaban J connectivity index is 2.82. The smallest absolute Gasteiger partial charge is 0.419 e. The molecule has 1 aromatic heterocycles. The Morgan fingerprint density at radius 3 is 2.47 bits per heavy atom. The molecule has 0 unspecified atom stereocenters. The van der Waals surface area contributed by atoms with E-state index in [0.29, 0.717) is 12.1 Å². The molecule has 1 N–H and O–H groups in total. The van der Waals surface area contributed by atoms with Gasteiger partial charge in [0, 0.05) is 0 Å². The summed E-state index contributed by atoms with van der Waals surface area (Å²) >= 11 is 0. The zero-order valence-corrected chi connectivity index (χ0v) is 8.89. The Labute approximate surface area is 101 Å². The monoisotopic (exact) mass is 275 g/mol. The van der Waals surface area contributed by atoms with Gasteiger partial charge in [0.15, 0.2) is 0 Å². The SMILES string of the molecule is O=c1oc2cc(C(F)(F)F)ccc2c(O)c1[N+](=O)[O-]. The number of benzene rings is 1. The number of nitro groups is 1. The van der Waals surface area contributed by atoms with Crippen molar-refractivity contribution in [3.8, 4) is 5.75 Å². The molecule has 19 heavy (non-hydrogen) atoms. The molecule has 0 saturated heterocycles. The molecule has 0 bridgehead atoms. The Kier molecular flexibility index (Phi) is 2.69. The normalized spacial score (nSPS) is 11.7. The van der Waals surface area contributed by atoms with E-state index in [2.05, 4.69) is 4.42 Å². The molecule has 100 valence electrons. The van der Waals surface area contributed by atoms with E-state index in [1.807, 2.05) is 0 Å². The topological polar surface area (TPSA) is 93.6 Å². The van der Waals surface area contributed by atoms with Crippen molar-refractivity contribution in [1.82, 2.24) is 0 Å². The van der Waals surface area contributed by atoms with Crippen molar-refractivity contribution < 1.29 is 27.6 Å². The molecule has 1 heterocycles. The van der Waals surface area contributed by atoms with Gasteiger partial charge in [0.25, 0.3) is 0 Å². The molecule has 0 spiro atoms. The second-order valence-electron chi connectivity index (χ2n) is 3.55. The number of halogens is 3. The molecule has 9 heteroatoms. The Bertz CT molecular complexity index is 734. The van der Waals surface area contributed by atoms with Crippen LogP contribution >= 0.6 is 0 Å². The summed E-state index contributed by atoms with van der Waals surface area (Å²) in [6, 6.07) is 1.90. The third kappa shape index (κ3) is 2.09. The molecule has 0 aliphatic rings. The van der Waals surface area contributed by atoms with Crippen molar-refractivity contribution in [2.45, 2.75) is 6.18 Å². The number of hydrogen-bond donors (Lipinski definition) is 1. The van der Waals surface area contributed by atoms with E-state index in [0.717, 1.165) is 6.07 Å². The van der Waals surface area contributed by atoms with Crippen LogP contribution in [-0.2, 0) is 6.18 Å². The molecular weight excluding hydrogens is 271 g/mol. The summed E-state index contributed by atoms with van der Waals surface area (Å²) in [5.41, 5.74) is -4.42. The molecular formula is C10H4F3NO5. The van der Waals surface area contributed by atoms with Gasteiger partial charge in [0.1, 0.15) is 5.58 Å². The highest BCUT2D eigenvalue weighted by Gasteiger charge is 2.32. The average Bonchev–Trinajstić information content (AvgIpc) is 2.26. The number of alkyl halides is 3. The summed E-state index contributed by atoms with van der Waals surface area (Å²) in [5.74, 6) is -1.02. The minimum Gasteiger partial charge on any atom is -0.501 e. The number of rotatable bonds is 1. The van der Waals surface area contributed by atoms with E-state index in [4.69, 9.17) is 0 Å². The van der Waals surface area contributed by atoms with Gasteiger partial charge in [-0.2, -0.15) is 13.2 Å². The van der Waals surface area contributed by atoms with Gasteiger partial charge in [-0.15, -0.1) is 0 Å². The lowest BCUT2D eigenvalue weighted by Gasteiger charge is -2.07. The summed E-state index contributed by atoms with van der Waals surface area (Å²) in [7, 11) is 0. The average molecular weight is 275 g/mol. The standard InChI is InChI=1S/C10H4F3NO5/c11-10(12,13)4-1-2-5-6(3-4)19-9(16)7(8(5)15)14(17)18/h1-3,15H. The third-order valence-corrected chi connectivity index (χ3v) is 2.37. The minimum absolute atomic E-state index is 0.348. The number of hydrogen-bond acceptors (Lipinski definition) is 5. The Morgan fingerprint density at radius 2 is 1.95 bits per heavy atom. The zero-order chi connectivity index (χ0) is 14.4. The summed E-state index contributed by atoms with van der Waals surface area (Å²) in [6.45, 7) is 0. The van der Waals surface area contributed by atoms with Gasteiger partial charge >= 0.3 is 17.5 Å². The maximum atomic E-state index is 12.4. The van der Waals surface area contributed by atoms with Gasteiger partial charge in [-0.05, 0) is 18.2 Å². The molecule has 0 radical (unpaired) electrons. The first-order valence-corrected chi connectivity index (χ1v) is 4.73. The van der Waals surface area contributed by atoms with E-state index in [9.17, 15) is 33.2 Å². The molecule has 0 aliphatic carbocycles. The predicted octanol–water partition coefficient (Wildman–Crippen LogP) is 2.43. The molecule has 0 amide bonds. The van der Waals surface area contributed by atoms with Gasteiger partial charge < -0.3 is 9.52 Å². The Morgan fingerprint density at radius 1 is 1.32 bits per heavy atom. The Hall–Kier alpha value is -2.58. The van der Waals surface area contributed by atoms with Crippen molar-refractivity contribution >= 4 is 16.7 Å². The second-order valence-corrected chi connectivity index (χ2v) is 3.55. The van der Waals surface area contributed by atoms with Gasteiger partial charge in [0.2, 0.25) is 5.75 Å². The van der Waals surface area contributed by atoms with Crippen molar-refractivity contribution in [3.05, 3.63) is 44.3 Å². The lowest BCUT2D eigenvalue weighted by molar-refractivity contribution is -0.388. The van der Waals surface area contributed by atoms with Gasteiger partial charge in [-0.3, -0.25) is 10.1 Å². The van der Waals surface area contributed by atoms with E-state index in [1.54, 1.807) is 0 Å². The second kappa shape index (κ2) is 3.97. The molecule has 0 saturated carbocycles. The van der Waals surface area contributed by atoms with Gasteiger partial charge in [-0.1, -0.05) is 0 Å². The first-order chi connectivity index (χ1) is 8.71. The molecule has 1 aromatic carbocycles. The predicted molar refractivity (Wildman–Crippen MR) is 55.8 cm³/mol. The maximum Gasteiger partial charge on any atom is 0.419 e. The number of nitrogens with zero attached hydrogens (tertiary/aromatic N) is 1.